The zero-order valence-electron chi connectivity index (χ0n) is 16.7. The number of thiazole rings is 1. The normalized spacial score (nSPS) is 22.2. The van der Waals surface area contributed by atoms with E-state index in [1.54, 1.807) is 0 Å². The van der Waals surface area contributed by atoms with Crippen LogP contribution in [0.4, 0.5) is 27.8 Å². The van der Waals surface area contributed by atoms with Gasteiger partial charge in [0.1, 0.15) is 11.9 Å². The summed E-state index contributed by atoms with van der Waals surface area (Å²) in [6.45, 7) is 0. The monoisotopic (exact) mass is 476 g/mol. The number of hydrogen-bond donors (Lipinski definition) is 3. The second-order valence-electron chi connectivity index (χ2n) is 8.13. The number of halogens is 5. The Bertz CT molecular complexity index is 979. The third-order valence-corrected chi connectivity index (χ3v) is 6.66. The van der Waals surface area contributed by atoms with Gasteiger partial charge in [0.2, 0.25) is 0 Å². The molecule has 4 rings (SSSR count). The van der Waals surface area contributed by atoms with Gasteiger partial charge in [-0.2, -0.15) is 13.2 Å². The van der Waals surface area contributed by atoms with Gasteiger partial charge in [0, 0.05) is 29.6 Å². The minimum Gasteiger partial charge on any atom is -0.393 e. The minimum absolute atomic E-state index is 0.00775. The number of aliphatic hydroxyl groups excluding tert-OH is 1. The van der Waals surface area contributed by atoms with E-state index in [0.29, 0.717) is 32.1 Å². The highest BCUT2D eigenvalue weighted by molar-refractivity contribution is 7.17. The molecule has 0 radical (unpaired) electrons. The first-order valence-corrected chi connectivity index (χ1v) is 11.0. The summed E-state index contributed by atoms with van der Waals surface area (Å²) in [5.41, 5.74) is -0.484. The average molecular weight is 476 g/mol. The fourth-order valence-corrected chi connectivity index (χ4v) is 4.68. The van der Waals surface area contributed by atoms with Gasteiger partial charge in [0.25, 0.3) is 12.3 Å². The molecule has 0 spiro atoms. The van der Waals surface area contributed by atoms with E-state index in [1.807, 2.05) is 0 Å². The lowest BCUT2D eigenvalue weighted by molar-refractivity contribution is -0.146. The molecule has 2 aliphatic carbocycles. The number of nitrogens with zero attached hydrogens (tertiary/aromatic N) is 2. The quantitative estimate of drug-likeness (QED) is 0.511. The van der Waals surface area contributed by atoms with Crippen molar-refractivity contribution < 1.29 is 31.9 Å². The van der Waals surface area contributed by atoms with Crippen molar-refractivity contribution in [2.24, 2.45) is 5.92 Å². The minimum atomic E-state index is -4.51. The van der Waals surface area contributed by atoms with Gasteiger partial charge < -0.3 is 15.7 Å². The van der Waals surface area contributed by atoms with E-state index in [-0.39, 0.29) is 27.3 Å². The number of amides is 1. The van der Waals surface area contributed by atoms with Crippen LogP contribution in [0.25, 0.3) is 10.4 Å². The molecular weight excluding hydrogens is 455 g/mol. The van der Waals surface area contributed by atoms with Crippen LogP contribution in [-0.2, 0) is 0 Å². The Morgan fingerprint density at radius 2 is 1.91 bits per heavy atom. The topological polar surface area (TPSA) is 87.1 Å². The second kappa shape index (κ2) is 8.89. The van der Waals surface area contributed by atoms with Crippen LogP contribution in [0.5, 0.6) is 0 Å². The molecule has 32 heavy (non-hydrogen) atoms. The summed E-state index contributed by atoms with van der Waals surface area (Å²) in [7, 11) is 0. The SMILES string of the molecule is O=C(N[C@@H]1CC[C@@H](O)C1)c1ncc(-c2cnc(N[C@@H](C3CC3)C(F)(F)F)cc2C(F)F)s1. The molecule has 3 atom stereocenters. The van der Waals surface area contributed by atoms with Crippen LogP contribution in [0.3, 0.4) is 0 Å². The molecule has 2 aromatic rings. The van der Waals surface area contributed by atoms with Crippen molar-refractivity contribution in [1.82, 2.24) is 15.3 Å². The molecule has 2 aromatic heterocycles. The lowest BCUT2D eigenvalue weighted by atomic mass is 10.1. The Labute approximate surface area is 184 Å². The van der Waals surface area contributed by atoms with Crippen LogP contribution >= 0.6 is 11.3 Å². The largest absolute Gasteiger partial charge is 0.408 e. The fraction of sp³-hybridized carbons (Fsp3) is 0.550. The molecule has 0 unspecified atom stereocenters. The van der Waals surface area contributed by atoms with E-state index in [2.05, 4.69) is 20.6 Å². The van der Waals surface area contributed by atoms with Gasteiger partial charge in [-0.05, 0) is 44.1 Å². The summed E-state index contributed by atoms with van der Waals surface area (Å²) in [5.74, 6) is -1.33. The first-order chi connectivity index (χ1) is 15.1. The third-order valence-electron chi connectivity index (χ3n) is 5.63. The molecule has 174 valence electrons. The van der Waals surface area contributed by atoms with E-state index < -0.39 is 42.1 Å². The maximum Gasteiger partial charge on any atom is 0.408 e. The van der Waals surface area contributed by atoms with Crippen LogP contribution in [0, 0.1) is 5.92 Å². The first-order valence-electron chi connectivity index (χ1n) is 10.2. The lowest BCUT2D eigenvalue weighted by Crippen LogP contribution is -2.38. The number of anilines is 1. The van der Waals surface area contributed by atoms with Gasteiger partial charge in [-0.1, -0.05) is 0 Å². The van der Waals surface area contributed by atoms with Crippen LogP contribution < -0.4 is 10.6 Å². The van der Waals surface area contributed by atoms with Gasteiger partial charge in [-0.3, -0.25) is 4.79 Å². The zero-order chi connectivity index (χ0) is 23.0. The Morgan fingerprint density at radius 1 is 1.16 bits per heavy atom. The number of carbonyl (C=O) groups excluding carboxylic acids is 1. The van der Waals surface area contributed by atoms with Gasteiger partial charge in [-0.15, -0.1) is 11.3 Å². The predicted molar refractivity (Wildman–Crippen MR) is 108 cm³/mol. The van der Waals surface area contributed by atoms with E-state index in [1.165, 1.54) is 6.20 Å². The number of rotatable bonds is 7. The Kier molecular flexibility index (Phi) is 6.35. The Morgan fingerprint density at radius 3 is 2.50 bits per heavy atom. The molecule has 6 nitrogen and oxygen atoms in total. The number of hydrogen-bond acceptors (Lipinski definition) is 6. The third kappa shape index (κ3) is 5.17. The number of aliphatic hydroxyl groups is 1. The van der Waals surface area contributed by atoms with Crippen LogP contribution in [0.1, 0.15) is 53.9 Å². The van der Waals surface area contributed by atoms with Crippen LogP contribution in [-0.4, -0.2) is 45.3 Å². The van der Waals surface area contributed by atoms with Crippen molar-refractivity contribution in [1.29, 1.82) is 0 Å². The standard InChI is InChI=1S/C20H21F5N4O2S/c21-17(22)12-6-15(29-16(9-1-2-9)20(23,24)25)26-7-13(12)14-8-27-19(32-14)18(31)28-10-3-4-11(30)5-10/h6-11,16-17,30H,1-5H2,(H,26,29)(H,28,31)/t10-,11-,16+/m1/s1. The summed E-state index contributed by atoms with van der Waals surface area (Å²) in [5, 5.41) is 14.6. The van der Waals surface area contributed by atoms with Crippen molar-refractivity contribution in [2.75, 3.05) is 5.32 Å². The molecule has 12 heteroatoms. The number of pyridine rings is 1. The van der Waals surface area contributed by atoms with E-state index in [4.69, 9.17) is 0 Å². The highest BCUT2D eigenvalue weighted by Gasteiger charge is 2.49. The molecule has 3 N–H and O–H groups in total. The number of aromatic nitrogens is 2. The summed E-state index contributed by atoms with van der Waals surface area (Å²) in [6, 6.07) is -1.10. The van der Waals surface area contributed by atoms with Crippen molar-refractivity contribution >= 4 is 23.1 Å². The smallest absolute Gasteiger partial charge is 0.393 e. The lowest BCUT2D eigenvalue weighted by Gasteiger charge is -2.22. The maximum absolute atomic E-state index is 13.7. The number of carbonyl (C=O) groups is 1. The summed E-state index contributed by atoms with van der Waals surface area (Å²) in [4.78, 5) is 20.5. The zero-order valence-corrected chi connectivity index (χ0v) is 17.5. The molecule has 2 fully saturated rings. The summed E-state index contributed by atoms with van der Waals surface area (Å²) < 4.78 is 67.2. The number of nitrogens with one attached hydrogen (secondary N) is 2. The molecule has 2 saturated carbocycles. The van der Waals surface area contributed by atoms with Crippen LogP contribution in [0.15, 0.2) is 18.5 Å². The fourth-order valence-electron chi connectivity index (χ4n) is 3.83. The van der Waals surface area contributed by atoms with E-state index in [0.717, 1.165) is 23.6 Å². The summed E-state index contributed by atoms with van der Waals surface area (Å²) in [6.07, 6.45) is -3.08. The van der Waals surface area contributed by atoms with Gasteiger partial charge in [0.05, 0.1) is 11.0 Å². The number of alkyl halides is 5. The van der Waals surface area contributed by atoms with E-state index in [9.17, 15) is 31.9 Å². The highest BCUT2D eigenvalue weighted by Crippen LogP contribution is 2.42. The predicted octanol–water partition coefficient (Wildman–Crippen LogP) is 4.54. The highest BCUT2D eigenvalue weighted by atomic mass is 32.1. The van der Waals surface area contributed by atoms with Gasteiger partial charge in [0.15, 0.2) is 5.01 Å². The first kappa shape index (κ1) is 22.8. The van der Waals surface area contributed by atoms with Gasteiger partial charge in [-0.25, -0.2) is 18.7 Å². The van der Waals surface area contributed by atoms with Crippen molar-refractivity contribution in [3.05, 3.63) is 29.0 Å². The summed E-state index contributed by atoms with van der Waals surface area (Å²) >= 11 is 0.889. The molecule has 2 heterocycles. The average Bonchev–Trinajstić information content (AvgIpc) is 3.28. The van der Waals surface area contributed by atoms with Crippen molar-refractivity contribution in [3.8, 4) is 10.4 Å². The Balaban J connectivity index is 1.53. The van der Waals surface area contributed by atoms with Gasteiger partial charge >= 0.3 is 6.18 Å². The van der Waals surface area contributed by atoms with Crippen molar-refractivity contribution in [3.63, 3.8) is 0 Å². The Hall–Kier alpha value is -2.34. The molecule has 0 aromatic carbocycles. The van der Waals surface area contributed by atoms with E-state index >= 15 is 0 Å². The molecular formula is C20H21F5N4O2S. The molecule has 0 bridgehead atoms. The molecule has 0 saturated heterocycles. The van der Waals surface area contributed by atoms with Crippen LogP contribution in [0.2, 0.25) is 0 Å². The molecule has 1 amide bonds. The second-order valence-corrected chi connectivity index (χ2v) is 9.16. The molecule has 0 aliphatic heterocycles. The maximum atomic E-state index is 13.7. The molecule has 2 aliphatic rings. The van der Waals surface area contributed by atoms with Crippen molar-refractivity contribution in [2.45, 2.75) is 62.9 Å².